The highest BCUT2D eigenvalue weighted by Gasteiger charge is 2.36. The summed E-state index contributed by atoms with van der Waals surface area (Å²) in [7, 11) is 0. The minimum Gasteiger partial charge on any atom is -0.369 e. The number of nitrogens with two attached hydrogens (primary N) is 1. The minimum atomic E-state index is -0.594. The van der Waals surface area contributed by atoms with Gasteiger partial charge in [0.1, 0.15) is 5.82 Å². The molecule has 0 spiro atoms. The van der Waals surface area contributed by atoms with Crippen molar-refractivity contribution >= 4 is 51.6 Å². The third-order valence-corrected chi connectivity index (χ3v) is 6.43. The molecule has 1 aliphatic heterocycles. The number of halogens is 1. The van der Waals surface area contributed by atoms with Gasteiger partial charge in [-0.05, 0) is 19.1 Å². The predicted molar refractivity (Wildman–Crippen MR) is 102 cm³/mol. The number of thioether (sulfide) groups is 1. The highest BCUT2D eigenvalue weighted by atomic mass is 32.2. The van der Waals surface area contributed by atoms with Crippen LogP contribution in [0.1, 0.15) is 12.1 Å². The molecule has 3 amide bonds. The first kappa shape index (κ1) is 19.3. The fourth-order valence-corrected chi connectivity index (χ4v) is 4.58. The zero-order valence-corrected chi connectivity index (χ0v) is 16.0. The molecule has 10 heteroatoms. The average molecular weight is 408 g/mol. The summed E-state index contributed by atoms with van der Waals surface area (Å²) in [4.78, 5) is 41.2. The first-order chi connectivity index (χ1) is 12.8. The number of amides is 3. The van der Waals surface area contributed by atoms with Gasteiger partial charge in [-0.3, -0.25) is 14.4 Å². The van der Waals surface area contributed by atoms with Crippen molar-refractivity contribution in [3.63, 3.8) is 0 Å². The van der Waals surface area contributed by atoms with Crippen molar-refractivity contribution in [3.8, 4) is 0 Å². The molecule has 3 rings (SSSR count). The number of anilines is 2. The summed E-state index contributed by atoms with van der Waals surface area (Å²) < 4.78 is 14.7. The van der Waals surface area contributed by atoms with Gasteiger partial charge in [-0.15, -0.1) is 11.8 Å². The normalized spacial score (nSPS) is 16.6. The number of rotatable bonds is 6. The standard InChI is InChI=1S/C17H17FN4O3S2/c1-9-16(26-8-13(19)23)27-17(20-9)21-15(25)10-6-14(24)22(7-10)12-5-3-2-4-11(12)18/h2-5,10H,6-8H2,1H3,(H2,19,23)(H,20,21,25). The lowest BCUT2D eigenvalue weighted by atomic mass is 10.1. The van der Waals surface area contributed by atoms with Gasteiger partial charge in [0.15, 0.2) is 5.13 Å². The first-order valence-corrected chi connectivity index (χ1v) is 9.89. The number of hydrogen-bond acceptors (Lipinski definition) is 6. The van der Waals surface area contributed by atoms with E-state index < -0.39 is 17.6 Å². The monoisotopic (exact) mass is 408 g/mol. The van der Waals surface area contributed by atoms with Crippen LogP contribution in [0, 0.1) is 18.7 Å². The van der Waals surface area contributed by atoms with Gasteiger partial charge in [0.05, 0.1) is 27.3 Å². The summed E-state index contributed by atoms with van der Waals surface area (Å²) in [6.45, 7) is 1.88. The minimum absolute atomic E-state index is 0.00775. The predicted octanol–water partition coefficient (Wildman–Crippen LogP) is 2.16. The lowest BCUT2D eigenvalue weighted by Crippen LogP contribution is -2.28. The van der Waals surface area contributed by atoms with Crippen LogP contribution in [0.2, 0.25) is 0 Å². The molecule has 0 aliphatic carbocycles. The SMILES string of the molecule is Cc1nc(NC(=O)C2CC(=O)N(c3ccccc3F)C2)sc1SCC(N)=O. The molecule has 1 fully saturated rings. The van der Waals surface area contributed by atoms with E-state index in [0.717, 1.165) is 4.21 Å². The number of benzene rings is 1. The van der Waals surface area contributed by atoms with Crippen LogP contribution < -0.4 is 16.0 Å². The van der Waals surface area contributed by atoms with Crippen LogP contribution >= 0.6 is 23.1 Å². The van der Waals surface area contributed by atoms with Gasteiger partial charge in [-0.25, -0.2) is 9.37 Å². The Morgan fingerprint density at radius 1 is 1.44 bits per heavy atom. The zero-order chi connectivity index (χ0) is 19.6. The molecule has 1 saturated heterocycles. The fourth-order valence-electron chi connectivity index (χ4n) is 2.70. The Labute approximate surface area is 163 Å². The van der Waals surface area contributed by atoms with Crippen molar-refractivity contribution in [3.05, 3.63) is 35.8 Å². The highest BCUT2D eigenvalue weighted by Crippen LogP contribution is 2.33. The number of carbonyl (C=O) groups excluding carboxylic acids is 3. The van der Waals surface area contributed by atoms with Crippen LogP contribution in [-0.4, -0.2) is 35.0 Å². The largest absolute Gasteiger partial charge is 0.369 e. The molecule has 7 nitrogen and oxygen atoms in total. The summed E-state index contributed by atoms with van der Waals surface area (Å²) in [5.41, 5.74) is 6.00. The fraction of sp³-hybridized carbons (Fsp3) is 0.294. The summed E-state index contributed by atoms with van der Waals surface area (Å²) in [5, 5.41) is 3.10. The maximum Gasteiger partial charge on any atom is 0.231 e. The molecule has 3 N–H and O–H groups in total. The number of thiazole rings is 1. The van der Waals surface area contributed by atoms with E-state index in [-0.39, 0.29) is 36.2 Å². The quantitative estimate of drug-likeness (QED) is 0.713. The second kappa shape index (κ2) is 8.05. The summed E-state index contributed by atoms with van der Waals surface area (Å²) in [6, 6.07) is 5.98. The summed E-state index contributed by atoms with van der Waals surface area (Å²) in [5.74, 6) is -2.04. The van der Waals surface area contributed by atoms with E-state index in [4.69, 9.17) is 5.73 Å². The Morgan fingerprint density at radius 3 is 2.89 bits per heavy atom. The van der Waals surface area contributed by atoms with E-state index in [2.05, 4.69) is 10.3 Å². The van der Waals surface area contributed by atoms with Gasteiger partial charge in [-0.1, -0.05) is 23.5 Å². The van der Waals surface area contributed by atoms with Crippen molar-refractivity contribution in [2.45, 2.75) is 17.6 Å². The van der Waals surface area contributed by atoms with Crippen LogP contribution in [-0.2, 0) is 14.4 Å². The van der Waals surface area contributed by atoms with Crippen LogP contribution in [0.3, 0.4) is 0 Å². The average Bonchev–Trinajstić information content (AvgIpc) is 3.16. The molecule has 2 aromatic rings. The van der Waals surface area contributed by atoms with Gasteiger partial charge < -0.3 is 16.0 Å². The van der Waals surface area contributed by atoms with E-state index in [1.165, 1.54) is 40.1 Å². The van der Waals surface area contributed by atoms with E-state index in [1.54, 1.807) is 19.1 Å². The van der Waals surface area contributed by atoms with Crippen molar-refractivity contribution in [1.29, 1.82) is 0 Å². The Hall–Kier alpha value is -2.46. The van der Waals surface area contributed by atoms with Crippen molar-refractivity contribution in [1.82, 2.24) is 4.98 Å². The van der Waals surface area contributed by atoms with Crippen LogP contribution in [0.4, 0.5) is 15.2 Å². The molecule has 0 bridgehead atoms. The maximum atomic E-state index is 13.9. The van der Waals surface area contributed by atoms with Gasteiger partial charge >= 0.3 is 0 Å². The van der Waals surface area contributed by atoms with Crippen molar-refractivity contribution in [2.24, 2.45) is 11.7 Å². The van der Waals surface area contributed by atoms with Crippen LogP contribution in [0.25, 0.3) is 0 Å². The Balaban J connectivity index is 1.65. The molecule has 1 unspecified atom stereocenters. The number of carbonyl (C=O) groups is 3. The molecule has 2 heterocycles. The number of aromatic nitrogens is 1. The van der Waals surface area contributed by atoms with Gasteiger partial charge in [0.25, 0.3) is 0 Å². The molecule has 27 heavy (non-hydrogen) atoms. The van der Waals surface area contributed by atoms with Gasteiger partial charge in [0.2, 0.25) is 17.7 Å². The van der Waals surface area contributed by atoms with Gasteiger partial charge in [0, 0.05) is 13.0 Å². The van der Waals surface area contributed by atoms with E-state index >= 15 is 0 Å². The van der Waals surface area contributed by atoms with E-state index in [0.29, 0.717) is 10.8 Å². The van der Waals surface area contributed by atoms with Crippen LogP contribution in [0.5, 0.6) is 0 Å². The molecule has 0 radical (unpaired) electrons. The highest BCUT2D eigenvalue weighted by molar-refractivity contribution is 8.01. The third kappa shape index (κ3) is 4.45. The second-order valence-electron chi connectivity index (χ2n) is 5.99. The molecule has 142 valence electrons. The topological polar surface area (TPSA) is 105 Å². The number of nitrogens with one attached hydrogen (secondary N) is 1. The smallest absolute Gasteiger partial charge is 0.231 e. The Bertz CT molecular complexity index is 902. The third-order valence-electron chi connectivity index (χ3n) is 3.97. The van der Waals surface area contributed by atoms with Crippen LogP contribution in [0.15, 0.2) is 28.5 Å². The van der Waals surface area contributed by atoms with Crippen molar-refractivity contribution < 1.29 is 18.8 Å². The second-order valence-corrected chi connectivity index (χ2v) is 8.24. The maximum absolute atomic E-state index is 13.9. The Kier molecular flexibility index (Phi) is 5.76. The molecular weight excluding hydrogens is 391 g/mol. The number of aryl methyl sites for hydroxylation is 1. The lowest BCUT2D eigenvalue weighted by molar-refractivity contribution is -0.122. The number of nitrogens with zero attached hydrogens (tertiary/aromatic N) is 2. The molecular formula is C17H17FN4O3S2. The van der Waals surface area contributed by atoms with Gasteiger partial charge in [-0.2, -0.15) is 0 Å². The number of para-hydroxylation sites is 1. The number of primary amides is 1. The molecule has 1 aliphatic rings. The molecule has 1 atom stereocenters. The molecule has 1 aromatic carbocycles. The first-order valence-electron chi connectivity index (χ1n) is 8.09. The summed E-state index contributed by atoms with van der Waals surface area (Å²) in [6.07, 6.45) is 0.00775. The van der Waals surface area contributed by atoms with E-state index in [9.17, 15) is 18.8 Å². The number of hydrogen-bond donors (Lipinski definition) is 2. The molecule has 1 aromatic heterocycles. The summed E-state index contributed by atoms with van der Waals surface area (Å²) >= 11 is 2.50. The zero-order valence-electron chi connectivity index (χ0n) is 14.4. The van der Waals surface area contributed by atoms with Crippen molar-refractivity contribution in [2.75, 3.05) is 22.5 Å². The Morgan fingerprint density at radius 2 is 2.19 bits per heavy atom. The van der Waals surface area contributed by atoms with E-state index in [1.807, 2.05) is 0 Å². The lowest BCUT2D eigenvalue weighted by Gasteiger charge is -2.17. The molecule has 0 saturated carbocycles.